The number of halogens is 3. The maximum absolute atomic E-state index is 13.2. The van der Waals surface area contributed by atoms with Gasteiger partial charge in [-0.25, -0.2) is 0 Å². The van der Waals surface area contributed by atoms with E-state index in [2.05, 4.69) is 10.6 Å². The molecule has 0 radical (unpaired) electrons. The molecule has 0 aromatic heterocycles. The van der Waals surface area contributed by atoms with Gasteiger partial charge >= 0.3 is 6.18 Å². The third-order valence-corrected chi connectivity index (χ3v) is 3.36. The van der Waals surface area contributed by atoms with Gasteiger partial charge in [0, 0.05) is 17.8 Å². The molecule has 1 atom stereocenters. The van der Waals surface area contributed by atoms with E-state index in [0.29, 0.717) is 11.8 Å². The van der Waals surface area contributed by atoms with Gasteiger partial charge in [-0.15, -0.1) is 0 Å². The summed E-state index contributed by atoms with van der Waals surface area (Å²) >= 11 is 0. The third kappa shape index (κ3) is 4.87. The molecule has 2 rings (SSSR count). The molecule has 0 aliphatic heterocycles. The summed E-state index contributed by atoms with van der Waals surface area (Å²) in [6.45, 7) is 1.62. The fourth-order valence-corrected chi connectivity index (χ4v) is 2.07. The van der Waals surface area contributed by atoms with Crippen LogP contribution in [0, 0.1) is 0 Å². The lowest BCUT2D eigenvalue weighted by atomic mass is 10.1. The van der Waals surface area contributed by atoms with E-state index < -0.39 is 23.8 Å². The van der Waals surface area contributed by atoms with Crippen LogP contribution in [0.15, 0.2) is 72.6 Å². The summed E-state index contributed by atoms with van der Waals surface area (Å²) in [5.74, 6) is -0.605. The Kier molecular flexibility index (Phi) is 5.63. The molecule has 6 heteroatoms. The Labute approximate surface area is 138 Å². The number of carbonyl (C=O) groups is 1. The molecule has 0 fully saturated rings. The van der Waals surface area contributed by atoms with Crippen molar-refractivity contribution in [2.45, 2.75) is 19.1 Å². The number of hydrogen-bond donors (Lipinski definition) is 2. The van der Waals surface area contributed by atoms with Crippen LogP contribution in [-0.2, 0) is 0 Å². The molecule has 0 aliphatic carbocycles. The molecule has 0 unspecified atom stereocenters. The second kappa shape index (κ2) is 7.68. The Balaban J connectivity index is 2.12. The normalized spacial score (nSPS) is 13.2. The summed E-state index contributed by atoms with van der Waals surface area (Å²) < 4.78 is 39.5. The quantitative estimate of drug-likeness (QED) is 0.862. The van der Waals surface area contributed by atoms with Crippen LogP contribution in [-0.4, -0.2) is 12.1 Å². The summed E-state index contributed by atoms with van der Waals surface area (Å²) in [5.41, 5.74) is -0.0171. The van der Waals surface area contributed by atoms with Crippen molar-refractivity contribution < 1.29 is 18.0 Å². The molecular weight excluding hydrogens is 317 g/mol. The monoisotopic (exact) mass is 334 g/mol. The smallest absolute Gasteiger partial charge is 0.373 e. The fraction of sp³-hybridized carbons (Fsp3) is 0.167. The maximum atomic E-state index is 13.2. The summed E-state index contributed by atoms with van der Waals surface area (Å²) in [6, 6.07) is 16.2. The zero-order valence-corrected chi connectivity index (χ0v) is 13.0. The number of nitrogens with one attached hydrogen (secondary N) is 2. The van der Waals surface area contributed by atoms with Crippen LogP contribution >= 0.6 is 0 Å². The highest BCUT2D eigenvalue weighted by molar-refractivity contribution is 5.94. The molecular formula is C18H17F3N2O. The maximum Gasteiger partial charge on any atom is 0.432 e. The van der Waals surface area contributed by atoms with Gasteiger partial charge in [0.25, 0.3) is 5.91 Å². The van der Waals surface area contributed by atoms with Gasteiger partial charge in [0.1, 0.15) is 5.70 Å². The van der Waals surface area contributed by atoms with Crippen molar-refractivity contribution >= 4 is 5.91 Å². The van der Waals surface area contributed by atoms with Crippen molar-refractivity contribution in [3.63, 3.8) is 0 Å². The number of carbonyl (C=O) groups excluding carboxylic acids is 1. The number of hydrogen-bond acceptors (Lipinski definition) is 2. The largest absolute Gasteiger partial charge is 0.432 e. The summed E-state index contributed by atoms with van der Waals surface area (Å²) in [4.78, 5) is 11.9. The molecule has 24 heavy (non-hydrogen) atoms. The Bertz CT molecular complexity index is 697. The van der Waals surface area contributed by atoms with Crippen molar-refractivity contribution in [1.82, 2.24) is 10.6 Å². The molecule has 0 saturated carbocycles. The zero-order chi connectivity index (χ0) is 17.6. The van der Waals surface area contributed by atoms with Crippen molar-refractivity contribution in [3.8, 4) is 0 Å². The first-order valence-corrected chi connectivity index (χ1v) is 7.32. The van der Waals surface area contributed by atoms with Gasteiger partial charge in [-0.05, 0) is 24.6 Å². The van der Waals surface area contributed by atoms with E-state index in [-0.39, 0.29) is 5.56 Å². The van der Waals surface area contributed by atoms with Gasteiger partial charge < -0.3 is 10.6 Å². The zero-order valence-electron chi connectivity index (χ0n) is 13.0. The van der Waals surface area contributed by atoms with Crippen molar-refractivity contribution in [2.24, 2.45) is 0 Å². The van der Waals surface area contributed by atoms with Crippen molar-refractivity contribution in [3.05, 3.63) is 83.7 Å². The lowest BCUT2D eigenvalue weighted by Crippen LogP contribution is -2.31. The number of rotatable bonds is 5. The molecule has 3 nitrogen and oxygen atoms in total. The number of amides is 1. The second-order valence-corrected chi connectivity index (χ2v) is 5.17. The summed E-state index contributed by atoms with van der Waals surface area (Å²) in [7, 11) is 0. The van der Waals surface area contributed by atoms with Crippen molar-refractivity contribution in [1.29, 1.82) is 0 Å². The SMILES string of the molecule is C[C@H](N/C(=C\NC(=O)c1ccccc1)C(F)(F)F)c1ccccc1. The van der Waals surface area contributed by atoms with E-state index in [4.69, 9.17) is 0 Å². The van der Waals surface area contributed by atoms with Crippen LogP contribution in [0.1, 0.15) is 28.9 Å². The molecule has 126 valence electrons. The minimum Gasteiger partial charge on any atom is -0.373 e. The molecule has 0 saturated heterocycles. The lowest BCUT2D eigenvalue weighted by molar-refractivity contribution is -0.0980. The van der Waals surface area contributed by atoms with E-state index >= 15 is 0 Å². The predicted molar refractivity (Wildman–Crippen MR) is 86.0 cm³/mol. The van der Waals surface area contributed by atoms with Crippen LogP contribution in [0.3, 0.4) is 0 Å². The van der Waals surface area contributed by atoms with E-state index in [9.17, 15) is 18.0 Å². The minimum absolute atomic E-state index is 0.284. The molecule has 2 aromatic carbocycles. The Hall–Kier alpha value is -2.76. The Morgan fingerprint density at radius 1 is 1.00 bits per heavy atom. The highest BCUT2D eigenvalue weighted by atomic mass is 19.4. The molecule has 1 amide bonds. The first-order valence-electron chi connectivity index (χ1n) is 7.32. The van der Waals surface area contributed by atoms with Crippen LogP contribution in [0.25, 0.3) is 0 Å². The minimum atomic E-state index is -4.60. The molecule has 2 aromatic rings. The van der Waals surface area contributed by atoms with Crippen LogP contribution in [0.4, 0.5) is 13.2 Å². The van der Waals surface area contributed by atoms with Crippen molar-refractivity contribution in [2.75, 3.05) is 0 Å². The van der Waals surface area contributed by atoms with Crippen LogP contribution in [0.5, 0.6) is 0 Å². The second-order valence-electron chi connectivity index (χ2n) is 5.17. The Morgan fingerprint density at radius 3 is 2.08 bits per heavy atom. The van der Waals surface area contributed by atoms with E-state index in [0.717, 1.165) is 0 Å². The molecule has 0 spiro atoms. The highest BCUT2D eigenvalue weighted by Crippen LogP contribution is 2.26. The van der Waals surface area contributed by atoms with Crippen LogP contribution < -0.4 is 10.6 Å². The molecule has 0 aliphatic rings. The number of benzene rings is 2. The van der Waals surface area contributed by atoms with Gasteiger partial charge in [0.2, 0.25) is 0 Å². The first kappa shape index (κ1) is 17.6. The average Bonchev–Trinajstić information content (AvgIpc) is 2.58. The van der Waals surface area contributed by atoms with Gasteiger partial charge in [-0.1, -0.05) is 48.5 Å². The van der Waals surface area contributed by atoms with Gasteiger partial charge in [-0.3, -0.25) is 4.79 Å². The summed E-state index contributed by atoms with van der Waals surface area (Å²) in [5, 5.41) is 4.58. The molecule has 2 N–H and O–H groups in total. The van der Waals surface area contributed by atoms with E-state index in [1.165, 1.54) is 12.1 Å². The third-order valence-electron chi connectivity index (χ3n) is 3.36. The van der Waals surface area contributed by atoms with Gasteiger partial charge in [0.15, 0.2) is 0 Å². The topological polar surface area (TPSA) is 41.1 Å². The molecule has 0 bridgehead atoms. The van der Waals surface area contributed by atoms with Gasteiger partial charge in [0.05, 0.1) is 0 Å². The first-order chi connectivity index (χ1) is 11.4. The predicted octanol–water partition coefficient (Wildman–Crippen LogP) is 4.17. The van der Waals surface area contributed by atoms with E-state index in [1.807, 2.05) is 0 Å². The highest BCUT2D eigenvalue weighted by Gasteiger charge is 2.35. The van der Waals surface area contributed by atoms with E-state index in [1.54, 1.807) is 55.5 Å². The molecule has 0 heterocycles. The Morgan fingerprint density at radius 2 is 1.54 bits per heavy atom. The number of allylic oxidation sites excluding steroid dienone is 1. The van der Waals surface area contributed by atoms with Gasteiger partial charge in [-0.2, -0.15) is 13.2 Å². The lowest BCUT2D eigenvalue weighted by Gasteiger charge is -2.20. The fourth-order valence-electron chi connectivity index (χ4n) is 2.07. The number of alkyl halides is 3. The average molecular weight is 334 g/mol. The van der Waals surface area contributed by atoms with Crippen LogP contribution in [0.2, 0.25) is 0 Å². The summed E-state index contributed by atoms with van der Waals surface area (Å²) in [6.07, 6.45) is -3.94. The standard InChI is InChI=1S/C18H17F3N2O/c1-13(14-8-4-2-5-9-14)23-16(18(19,20)21)12-22-17(24)15-10-6-3-7-11-15/h2-13,23H,1H3,(H,22,24)/b16-12-/t13-/m0/s1.